The van der Waals surface area contributed by atoms with E-state index in [1.807, 2.05) is 55.1 Å². The SMILES string of the molecule is Cc1noc(C)c1CN(C)Cc1ccn(-c2ccccc2)n1. The van der Waals surface area contributed by atoms with Crippen LogP contribution in [0.5, 0.6) is 0 Å². The zero-order valence-corrected chi connectivity index (χ0v) is 13.2. The molecule has 1 aromatic carbocycles. The Hall–Kier alpha value is -2.40. The predicted molar refractivity (Wildman–Crippen MR) is 84.7 cm³/mol. The largest absolute Gasteiger partial charge is 0.361 e. The summed E-state index contributed by atoms with van der Waals surface area (Å²) in [5, 5.41) is 8.63. The Balaban J connectivity index is 1.68. The molecule has 3 rings (SSSR count). The van der Waals surface area contributed by atoms with Crippen molar-refractivity contribution >= 4 is 0 Å². The third kappa shape index (κ3) is 3.09. The normalized spacial score (nSPS) is 11.3. The van der Waals surface area contributed by atoms with Crippen molar-refractivity contribution < 1.29 is 4.52 Å². The van der Waals surface area contributed by atoms with Crippen LogP contribution in [0.1, 0.15) is 22.7 Å². The maximum atomic E-state index is 5.21. The number of benzene rings is 1. The first-order valence-electron chi connectivity index (χ1n) is 7.34. The zero-order chi connectivity index (χ0) is 15.5. The van der Waals surface area contributed by atoms with Crippen LogP contribution in [0, 0.1) is 13.8 Å². The monoisotopic (exact) mass is 296 g/mol. The summed E-state index contributed by atoms with van der Waals surface area (Å²) >= 11 is 0. The quantitative estimate of drug-likeness (QED) is 0.726. The second kappa shape index (κ2) is 6.15. The molecule has 0 N–H and O–H groups in total. The maximum absolute atomic E-state index is 5.21. The van der Waals surface area contributed by atoms with Crippen molar-refractivity contribution in [2.24, 2.45) is 0 Å². The third-order valence-corrected chi connectivity index (χ3v) is 3.71. The van der Waals surface area contributed by atoms with E-state index in [-0.39, 0.29) is 0 Å². The van der Waals surface area contributed by atoms with Gasteiger partial charge >= 0.3 is 0 Å². The molecule has 2 aromatic heterocycles. The summed E-state index contributed by atoms with van der Waals surface area (Å²) in [6, 6.07) is 12.2. The van der Waals surface area contributed by atoms with Crippen LogP contribution in [0.4, 0.5) is 0 Å². The first-order chi connectivity index (χ1) is 10.6. The second-order valence-corrected chi connectivity index (χ2v) is 5.56. The van der Waals surface area contributed by atoms with Crippen molar-refractivity contribution in [2.45, 2.75) is 26.9 Å². The lowest BCUT2D eigenvalue weighted by Crippen LogP contribution is -2.18. The van der Waals surface area contributed by atoms with Gasteiger partial charge in [-0.3, -0.25) is 4.90 Å². The molecule has 0 aliphatic heterocycles. The average molecular weight is 296 g/mol. The van der Waals surface area contributed by atoms with Gasteiger partial charge in [-0.1, -0.05) is 23.4 Å². The zero-order valence-electron chi connectivity index (χ0n) is 13.2. The number of aryl methyl sites for hydroxylation is 2. The first kappa shape index (κ1) is 14.5. The smallest absolute Gasteiger partial charge is 0.138 e. The molecule has 0 atom stereocenters. The van der Waals surface area contributed by atoms with Gasteiger partial charge in [0.25, 0.3) is 0 Å². The minimum absolute atomic E-state index is 0.782. The summed E-state index contributed by atoms with van der Waals surface area (Å²) in [5.41, 5.74) is 4.23. The molecule has 0 unspecified atom stereocenters. The van der Waals surface area contributed by atoms with E-state index in [1.54, 1.807) is 0 Å². The van der Waals surface area contributed by atoms with Gasteiger partial charge < -0.3 is 4.52 Å². The van der Waals surface area contributed by atoms with Crippen LogP contribution in [-0.4, -0.2) is 26.9 Å². The molecule has 5 nitrogen and oxygen atoms in total. The van der Waals surface area contributed by atoms with Gasteiger partial charge in [0, 0.05) is 24.8 Å². The number of aromatic nitrogens is 3. The molecule has 3 aromatic rings. The van der Waals surface area contributed by atoms with Gasteiger partial charge in [-0.15, -0.1) is 0 Å². The van der Waals surface area contributed by atoms with Gasteiger partial charge in [-0.2, -0.15) is 5.10 Å². The fraction of sp³-hybridized carbons (Fsp3) is 0.294. The van der Waals surface area contributed by atoms with Crippen LogP contribution in [0.15, 0.2) is 47.1 Å². The number of para-hydroxylation sites is 1. The number of hydrogen-bond donors (Lipinski definition) is 0. The number of hydrogen-bond acceptors (Lipinski definition) is 4. The molecular weight excluding hydrogens is 276 g/mol. The summed E-state index contributed by atoms with van der Waals surface area (Å²) < 4.78 is 7.11. The van der Waals surface area contributed by atoms with Gasteiger partial charge in [-0.25, -0.2) is 4.68 Å². The van der Waals surface area contributed by atoms with E-state index in [4.69, 9.17) is 4.52 Å². The van der Waals surface area contributed by atoms with Crippen molar-refractivity contribution in [1.29, 1.82) is 0 Å². The van der Waals surface area contributed by atoms with E-state index >= 15 is 0 Å². The summed E-state index contributed by atoms with van der Waals surface area (Å²) in [6.45, 7) is 5.51. The van der Waals surface area contributed by atoms with Crippen molar-refractivity contribution in [3.8, 4) is 5.69 Å². The Morgan fingerprint density at radius 3 is 2.55 bits per heavy atom. The fourth-order valence-corrected chi connectivity index (χ4v) is 2.50. The highest BCUT2D eigenvalue weighted by Gasteiger charge is 2.12. The Labute approximate surface area is 130 Å². The number of nitrogens with zero attached hydrogens (tertiary/aromatic N) is 4. The topological polar surface area (TPSA) is 47.1 Å². The summed E-state index contributed by atoms with van der Waals surface area (Å²) in [5.74, 6) is 0.888. The van der Waals surface area contributed by atoms with E-state index in [2.05, 4.69) is 28.3 Å². The van der Waals surface area contributed by atoms with E-state index in [0.717, 1.165) is 41.5 Å². The highest BCUT2D eigenvalue weighted by atomic mass is 16.5. The van der Waals surface area contributed by atoms with Crippen molar-refractivity contribution in [1.82, 2.24) is 19.8 Å². The second-order valence-electron chi connectivity index (χ2n) is 5.56. The number of rotatable bonds is 5. The van der Waals surface area contributed by atoms with Gasteiger partial charge in [0.15, 0.2) is 0 Å². The minimum Gasteiger partial charge on any atom is -0.361 e. The Morgan fingerprint density at radius 1 is 1.09 bits per heavy atom. The van der Waals surface area contributed by atoms with Gasteiger partial charge in [0.2, 0.25) is 0 Å². The summed E-state index contributed by atoms with van der Waals surface area (Å²) in [7, 11) is 2.08. The minimum atomic E-state index is 0.782. The van der Waals surface area contributed by atoms with Crippen LogP contribution in [0.2, 0.25) is 0 Å². The Morgan fingerprint density at radius 2 is 1.86 bits per heavy atom. The highest BCUT2D eigenvalue weighted by Crippen LogP contribution is 2.15. The van der Waals surface area contributed by atoms with E-state index in [1.165, 1.54) is 0 Å². The Kier molecular flexibility index (Phi) is 4.06. The van der Waals surface area contributed by atoms with Crippen LogP contribution in [-0.2, 0) is 13.1 Å². The van der Waals surface area contributed by atoms with Crippen molar-refractivity contribution in [3.05, 3.63) is 65.3 Å². The molecule has 0 aliphatic carbocycles. The van der Waals surface area contributed by atoms with Crippen molar-refractivity contribution in [2.75, 3.05) is 7.05 Å². The molecule has 22 heavy (non-hydrogen) atoms. The van der Waals surface area contributed by atoms with E-state index in [0.29, 0.717) is 0 Å². The maximum Gasteiger partial charge on any atom is 0.138 e. The fourth-order valence-electron chi connectivity index (χ4n) is 2.50. The van der Waals surface area contributed by atoms with Gasteiger partial charge in [0.05, 0.1) is 17.1 Å². The van der Waals surface area contributed by atoms with Crippen LogP contribution in [0.3, 0.4) is 0 Å². The molecule has 0 radical (unpaired) electrons. The molecular formula is C17H20N4O. The third-order valence-electron chi connectivity index (χ3n) is 3.71. The molecule has 0 saturated carbocycles. The summed E-state index contributed by atoms with van der Waals surface area (Å²) in [4.78, 5) is 2.21. The van der Waals surface area contributed by atoms with Crippen LogP contribution < -0.4 is 0 Å². The van der Waals surface area contributed by atoms with E-state index in [9.17, 15) is 0 Å². The molecule has 0 aliphatic rings. The van der Waals surface area contributed by atoms with Gasteiger partial charge in [-0.05, 0) is 39.1 Å². The Bertz CT molecular complexity index is 726. The lowest BCUT2D eigenvalue weighted by atomic mass is 10.2. The molecule has 0 fully saturated rings. The summed E-state index contributed by atoms with van der Waals surface area (Å²) in [6.07, 6.45) is 1.99. The van der Waals surface area contributed by atoms with Gasteiger partial charge in [0.1, 0.15) is 5.76 Å². The van der Waals surface area contributed by atoms with E-state index < -0.39 is 0 Å². The molecule has 0 saturated heterocycles. The lowest BCUT2D eigenvalue weighted by Gasteiger charge is -2.14. The average Bonchev–Trinajstić information content (AvgIpc) is 3.10. The van der Waals surface area contributed by atoms with Crippen LogP contribution in [0.25, 0.3) is 5.69 Å². The van der Waals surface area contributed by atoms with Crippen LogP contribution >= 0.6 is 0 Å². The molecule has 114 valence electrons. The molecule has 0 amide bonds. The first-order valence-corrected chi connectivity index (χ1v) is 7.34. The standard InChI is InChI=1S/C17H20N4O/c1-13-17(14(2)22-19-13)12-20(3)11-15-9-10-21(18-15)16-7-5-4-6-8-16/h4-10H,11-12H2,1-3H3. The molecule has 0 bridgehead atoms. The molecule has 2 heterocycles. The molecule has 0 spiro atoms. The van der Waals surface area contributed by atoms with Crippen molar-refractivity contribution in [3.63, 3.8) is 0 Å². The predicted octanol–water partition coefficient (Wildman–Crippen LogP) is 3.11. The lowest BCUT2D eigenvalue weighted by molar-refractivity contribution is 0.310. The highest BCUT2D eigenvalue weighted by molar-refractivity contribution is 5.30. The molecule has 5 heteroatoms.